The number of ether oxygens (including phenoxy) is 1. The average Bonchev–Trinajstić information content (AvgIpc) is 3.54. The summed E-state index contributed by atoms with van der Waals surface area (Å²) < 4.78 is 5.39. The molecule has 4 aromatic rings. The number of hydrogen-bond donors (Lipinski definition) is 3. The lowest BCUT2D eigenvalue weighted by atomic mass is 10.1. The minimum Gasteiger partial charge on any atom is -0.493 e. The number of tetrazole rings is 1. The number of hydrogen-bond acceptors (Lipinski definition) is 9. The maximum Gasteiger partial charge on any atom is 0.267 e. The van der Waals surface area contributed by atoms with Gasteiger partial charge in [-0.05, 0) is 41.8 Å². The van der Waals surface area contributed by atoms with Crippen LogP contribution in [-0.2, 0) is 6.54 Å². The molecule has 3 aromatic heterocycles. The third-order valence-electron chi connectivity index (χ3n) is 5.13. The molecule has 0 saturated carbocycles. The Morgan fingerprint density at radius 1 is 1.14 bits per heavy atom. The van der Waals surface area contributed by atoms with Gasteiger partial charge in [0.05, 0.1) is 33.4 Å². The predicted octanol–water partition coefficient (Wildman–Crippen LogP) is 5.16. The average molecular weight is 582 g/mol. The summed E-state index contributed by atoms with van der Waals surface area (Å²) in [5, 5.41) is 22.0. The summed E-state index contributed by atoms with van der Waals surface area (Å²) in [5.74, 6) is -0.285. The number of thiophene rings is 1. The van der Waals surface area contributed by atoms with Crippen LogP contribution in [0.15, 0.2) is 35.8 Å². The number of benzene rings is 1. The Morgan fingerprint density at radius 3 is 2.59 bits per heavy atom. The van der Waals surface area contributed by atoms with Crippen LogP contribution in [-0.4, -0.2) is 51.1 Å². The number of methoxy groups -OCH3 is 1. The van der Waals surface area contributed by atoms with Crippen molar-refractivity contribution >= 4 is 75.4 Å². The summed E-state index contributed by atoms with van der Waals surface area (Å²) in [6, 6.07) is 6.10. The Hall–Kier alpha value is -3.45. The van der Waals surface area contributed by atoms with E-state index in [1.54, 1.807) is 17.5 Å². The molecule has 0 aliphatic heterocycles. The Morgan fingerprint density at radius 2 is 1.95 bits per heavy atom. The van der Waals surface area contributed by atoms with Gasteiger partial charge in [0.2, 0.25) is 0 Å². The van der Waals surface area contributed by atoms with Gasteiger partial charge in [0.25, 0.3) is 17.8 Å². The lowest BCUT2D eigenvalue weighted by Crippen LogP contribution is -2.23. The van der Waals surface area contributed by atoms with Gasteiger partial charge >= 0.3 is 0 Å². The van der Waals surface area contributed by atoms with Gasteiger partial charge in [0.15, 0.2) is 5.75 Å². The van der Waals surface area contributed by atoms with Crippen LogP contribution < -0.4 is 20.3 Å². The molecule has 11 nitrogen and oxygen atoms in total. The molecule has 0 saturated heterocycles. The quantitative estimate of drug-likeness (QED) is 0.247. The SMILES string of the molecule is CCN(Cc1csc(C(=O)Nc2c(C(=O)Nc3ccc(Cl)cn3)ccc(Cl)c2OC)c1Cl)c1nn[nH]n1. The van der Waals surface area contributed by atoms with Gasteiger partial charge in [-0.1, -0.05) is 39.9 Å². The summed E-state index contributed by atoms with van der Waals surface area (Å²) in [7, 11) is 1.38. The van der Waals surface area contributed by atoms with Crippen LogP contribution >= 0.6 is 46.1 Å². The summed E-state index contributed by atoms with van der Waals surface area (Å²) in [5.41, 5.74) is 0.890. The third kappa shape index (κ3) is 5.93. The van der Waals surface area contributed by atoms with E-state index < -0.39 is 11.8 Å². The molecule has 0 spiro atoms. The van der Waals surface area contributed by atoms with E-state index in [1.807, 2.05) is 11.8 Å². The van der Waals surface area contributed by atoms with E-state index in [4.69, 9.17) is 39.5 Å². The lowest BCUT2D eigenvalue weighted by molar-refractivity contribution is 0.102. The van der Waals surface area contributed by atoms with Gasteiger partial charge in [-0.3, -0.25) is 9.59 Å². The number of nitrogens with one attached hydrogen (secondary N) is 3. The second-order valence-electron chi connectivity index (χ2n) is 7.40. The number of pyridine rings is 1. The molecular formula is C22H19Cl3N8O3S. The molecule has 0 bridgehead atoms. The number of aromatic nitrogens is 5. The zero-order valence-electron chi connectivity index (χ0n) is 19.4. The highest BCUT2D eigenvalue weighted by Crippen LogP contribution is 2.38. The molecular weight excluding hydrogens is 563 g/mol. The zero-order chi connectivity index (χ0) is 26.5. The summed E-state index contributed by atoms with van der Waals surface area (Å²) in [4.78, 5) is 32.5. The van der Waals surface area contributed by atoms with Crippen molar-refractivity contribution in [2.24, 2.45) is 0 Å². The van der Waals surface area contributed by atoms with Gasteiger partial charge in [-0.15, -0.1) is 16.4 Å². The maximum absolute atomic E-state index is 13.3. The van der Waals surface area contributed by atoms with E-state index in [1.165, 1.54) is 25.4 Å². The van der Waals surface area contributed by atoms with Crippen LogP contribution in [0.4, 0.5) is 17.5 Å². The first-order chi connectivity index (χ1) is 17.8. The summed E-state index contributed by atoms with van der Waals surface area (Å²) in [6.07, 6.45) is 1.40. The van der Waals surface area contributed by atoms with Crippen molar-refractivity contribution < 1.29 is 14.3 Å². The predicted molar refractivity (Wildman–Crippen MR) is 143 cm³/mol. The Bertz CT molecular complexity index is 1410. The zero-order valence-corrected chi connectivity index (χ0v) is 22.5. The first-order valence-electron chi connectivity index (χ1n) is 10.7. The minimum atomic E-state index is -0.545. The normalized spacial score (nSPS) is 10.7. The van der Waals surface area contributed by atoms with Crippen LogP contribution in [0.5, 0.6) is 5.75 Å². The van der Waals surface area contributed by atoms with Crippen molar-refractivity contribution in [3.05, 3.63) is 66.9 Å². The smallest absolute Gasteiger partial charge is 0.267 e. The molecule has 0 fully saturated rings. The van der Waals surface area contributed by atoms with Crippen LogP contribution in [0.2, 0.25) is 15.1 Å². The van der Waals surface area contributed by atoms with E-state index in [0.29, 0.717) is 29.6 Å². The van der Waals surface area contributed by atoms with Gasteiger partial charge < -0.3 is 20.3 Å². The molecule has 3 heterocycles. The fraction of sp³-hybridized carbons (Fsp3) is 0.182. The largest absolute Gasteiger partial charge is 0.493 e. The van der Waals surface area contributed by atoms with Crippen LogP contribution in [0, 0.1) is 0 Å². The molecule has 2 amide bonds. The number of carbonyl (C=O) groups excluding carboxylic acids is 2. The van der Waals surface area contributed by atoms with Gasteiger partial charge in [0, 0.05) is 24.8 Å². The minimum absolute atomic E-state index is 0.0828. The van der Waals surface area contributed by atoms with E-state index in [-0.39, 0.29) is 37.7 Å². The van der Waals surface area contributed by atoms with Crippen molar-refractivity contribution in [1.82, 2.24) is 25.6 Å². The number of rotatable bonds is 9. The van der Waals surface area contributed by atoms with Crippen LogP contribution in [0.3, 0.4) is 0 Å². The molecule has 1 aromatic carbocycles. The lowest BCUT2D eigenvalue weighted by Gasteiger charge is -2.18. The van der Waals surface area contributed by atoms with Gasteiger partial charge in [0.1, 0.15) is 10.7 Å². The van der Waals surface area contributed by atoms with Crippen molar-refractivity contribution in [1.29, 1.82) is 0 Å². The number of H-pyrrole nitrogens is 1. The highest BCUT2D eigenvalue weighted by atomic mass is 35.5. The first-order valence-corrected chi connectivity index (χ1v) is 12.7. The first kappa shape index (κ1) is 26.6. The van der Waals surface area contributed by atoms with Crippen molar-refractivity contribution in [3.63, 3.8) is 0 Å². The Balaban J connectivity index is 1.60. The number of amides is 2. The second-order valence-corrected chi connectivity index (χ2v) is 9.50. The number of carbonyl (C=O) groups is 2. The molecule has 192 valence electrons. The topological polar surface area (TPSA) is 138 Å². The number of anilines is 3. The maximum atomic E-state index is 13.3. The number of nitrogens with zero attached hydrogens (tertiary/aromatic N) is 5. The van der Waals surface area contributed by atoms with Crippen molar-refractivity contribution in [2.75, 3.05) is 29.2 Å². The molecule has 4 rings (SSSR count). The standard InChI is InChI=1S/C22H19Cl3N8O3S/c1-3-33(22-29-31-32-30-22)9-11-10-37-19(16(11)25)21(35)28-17-13(5-6-14(24)18(17)36-2)20(34)27-15-7-4-12(23)8-26-15/h4-8,10H,3,9H2,1-2H3,(H,28,35)(H,26,27,34)(H,29,30,31,32). The van der Waals surface area contributed by atoms with Gasteiger partial charge in [-0.25, -0.2) is 4.98 Å². The molecule has 0 aliphatic rings. The molecule has 3 N–H and O–H groups in total. The van der Waals surface area contributed by atoms with E-state index in [9.17, 15) is 9.59 Å². The Kier molecular flexibility index (Phi) is 8.44. The van der Waals surface area contributed by atoms with Crippen molar-refractivity contribution in [2.45, 2.75) is 13.5 Å². The summed E-state index contributed by atoms with van der Waals surface area (Å²) >= 11 is 19.9. The number of aromatic amines is 1. The third-order valence-corrected chi connectivity index (χ3v) is 7.22. The number of halogens is 3. The molecule has 0 radical (unpaired) electrons. The van der Waals surface area contributed by atoms with E-state index in [2.05, 4.69) is 36.2 Å². The monoisotopic (exact) mass is 580 g/mol. The van der Waals surface area contributed by atoms with Crippen LogP contribution in [0.1, 0.15) is 32.5 Å². The fourth-order valence-electron chi connectivity index (χ4n) is 3.33. The van der Waals surface area contributed by atoms with Crippen molar-refractivity contribution in [3.8, 4) is 5.75 Å². The van der Waals surface area contributed by atoms with E-state index >= 15 is 0 Å². The highest BCUT2D eigenvalue weighted by Gasteiger charge is 2.25. The van der Waals surface area contributed by atoms with Gasteiger partial charge in [-0.2, -0.15) is 5.21 Å². The molecule has 0 aliphatic carbocycles. The van der Waals surface area contributed by atoms with E-state index in [0.717, 1.165) is 11.3 Å². The molecule has 15 heteroatoms. The van der Waals surface area contributed by atoms with Crippen LogP contribution in [0.25, 0.3) is 0 Å². The Labute approximate surface area is 230 Å². The molecule has 0 unspecified atom stereocenters. The summed E-state index contributed by atoms with van der Waals surface area (Å²) in [6.45, 7) is 2.89. The molecule has 37 heavy (non-hydrogen) atoms. The highest BCUT2D eigenvalue weighted by molar-refractivity contribution is 7.13. The second kappa shape index (κ2) is 11.7. The fourth-order valence-corrected chi connectivity index (χ4v) is 4.92. The molecule has 0 atom stereocenters.